The van der Waals surface area contributed by atoms with Gasteiger partial charge in [-0.05, 0) is 24.4 Å². The van der Waals surface area contributed by atoms with E-state index in [9.17, 15) is 13.6 Å². The minimum absolute atomic E-state index is 0.186. The molecular weight excluding hydrogens is 238 g/mol. The lowest BCUT2D eigenvalue weighted by Crippen LogP contribution is -2.21. The van der Waals surface area contributed by atoms with Crippen LogP contribution in [0.5, 0.6) is 0 Å². The normalized spacial score (nSPS) is 9.69. The molecule has 7 heteroatoms. The maximum Gasteiger partial charge on any atom is 0.343 e. The Morgan fingerprint density at radius 1 is 1.50 bits per heavy atom. The minimum Gasteiger partial charge on any atom is -0.465 e. The molecule has 0 fully saturated rings. The Morgan fingerprint density at radius 2 is 2.12 bits per heavy atom. The first-order chi connectivity index (χ1) is 7.47. The van der Waals surface area contributed by atoms with Gasteiger partial charge in [0.1, 0.15) is 11.4 Å². The van der Waals surface area contributed by atoms with Crippen molar-refractivity contribution in [2.45, 2.75) is 0 Å². The number of thiocarbonyl (C=S) groups is 1. The number of hydrogen-bond acceptors (Lipinski definition) is 3. The van der Waals surface area contributed by atoms with E-state index < -0.39 is 23.2 Å². The van der Waals surface area contributed by atoms with Crippen LogP contribution in [0.25, 0.3) is 0 Å². The van der Waals surface area contributed by atoms with E-state index in [-0.39, 0.29) is 10.8 Å². The van der Waals surface area contributed by atoms with Crippen molar-refractivity contribution in [3.63, 3.8) is 0 Å². The van der Waals surface area contributed by atoms with E-state index in [1.807, 2.05) is 0 Å². The molecule has 0 aromatic heterocycles. The monoisotopic (exact) mass is 246 g/mol. The predicted octanol–water partition coefficient (Wildman–Crippen LogP) is 1.41. The van der Waals surface area contributed by atoms with E-state index in [4.69, 9.17) is 5.73 Å². The van der Waals surface area contributed by atoms with Crippen molar-refractivity contribution in [1.29, 1.82) is 0 Å². The first kappa shape index (κ1) is 12.3. The van der Waals surface area contributed by atoms with Gasteiger partial charge in [-0.25, -0.2) is 13.6 Å². The zero-order chi connectivity index (χ0) is 12.3. The number of halogens is 2. The molecule has 0 unspecified atom stereocenters. The summed E-state index contributed by atoms with van der Waals surface area (Å²) in [4.78, 5) is 11.1. The Kier molecular flexibility index (Phi) is 3.73. The molecule has 0 aliphatic rings. The first-order valence-corrected chi connectivity index (χ1v) is 4.51. The van der Waals surface area contributed by atoms with Crippen LogP contribution in [0.2, 0.25) is 0 Å². The molecule has 0 radical (unpaired) electrons. The van der Waals surface area contributed by atoms with Crippen LogP contribution in [0.1, 0.15) is 10.4 Å². The fourth-order valence-electron chi connectivity index (χ4n) is 1.07. The summed E-state index contributed by atoms with van der Waals surface area (Å²) in [5.74, 6) is -3.22. The molecule has 0 saturated heterocycles. The molecule has 0 amide bonds. The number of nitrogens with two attached hydrogens (primary N) is 1. The van der Waals surface area contributed by atoms with Crippen LogP contribution in [0.15, 0.2) is 12.1 Å². The quantitative estimate of drug-likeness (QED) is 0.610. The van der Waals surface area contributed by atoms with Crippen LogP contribution in [0.4, 0.5) is 14.5 Å². The smallest absolute Gasteiger partial charge is 0.343 e. The van der Waals surface area contributed by atoms with Gasteiger partial charge in [-0.2, -0.15) is 0 Å². The second-order valence-corrected chi connectivity index (χ2v) is 3.20. The highest BCUT2D eigenvalue weighted by Crippen LogP contribution is 2.21. The van der Waals surface area contributed by atoms with E-state index in [1.165, 1.54) is 0 Å². The summed E-state index contributed by atoms with van der Waals surface area (Å²) >= 11 is 4.50. The Bertz CT molecular complexity index is 451. The standard InChI is InChI=1S/C9H8F2N2O2S/c1-15-8(14)6-4(10)2-3-5(7(6)11)13-9(12)16/h2-3H,1H3,(H3,12,13,16). The van der Waals surface area contributed by atoms with Crippen molar-refractivity contribution >= 4 is 29.0 Å². The first-order valence-electron chi connectivity index (χ1n) is 4.10. The molecular formula is C9H8F2N2O2S. The van der Waals surface area contributed by atoms with Gasteiger partial charge in [0.2, 0.25) is 0 Å². The molecule has 0 aliphatic carbocycles. The van der Waals surface area contributed by atoms with Crippen molar-refractivity contribution < 1.29 is 18.3 Å². The summed E-state index contributed by atoms with van der Waals surface area (Å²) in [5.41, 5.74) is 4.16. The Morgan fingerprint density at radius 3 is 2.62 bits per heavy atom. The molecule has 1 rings (SSSR count). The number of carbonyl (C=O) groups excluding carboxylic acids is 1. The molecule has 3 N–H and O–H groups in total. The average Bonchev–Trinajstić information content (AvgIpc) is 2.21. The lowest BCUT2D eigenvalue weighted by atomic mass is 10.1. The molecule has 0 bridgehead atoms. The number of carbonyl (C=O) groups is 1. The van der Waals surface area contributed by atoms with Gasteiger partial charge >= 0.3 is 5.97 Å². The van der Waals surface area contributed by atoms with Crippen LogP contribution in [0.3, 0.4) is 0 Å². The van der Waals surface area contributed by atoms with Crippen molar-refractivity contribution in [1.82, 2.24) is 0 Å². The fraction of sp³-hybridized carbons (Fsp3) is 0.111. The molecule has 86 valence electrons. The summed E-state index contributed by atoms with van der Waals surface area (Å²) in [7, 11) is 1.02. The minimum atomic E-state index is -1.11. The van der Waals surface area contributed by atoms with Crippen LogP contribution in [-0.4, -0.2) is 18.2 Å². The summed E-state index contributed by atoms with van der Waals surface area (Å²) in [6, 6.07) is 1.99. The third kappa shape index (κ3) is 2.43. The number of anilines is 1. The largest absolute Gasteiger partial charge is 0.465 e. The Hall–Kier alpha value is -1.76. The zero-order valence-corrected chi connectivity index (χ0v) is 9.03. The molecule has 0 saturated carbocycles. The number of methoxy groups -OCH3 is 1. The number of hydrogen-bond donors (Lipinski definition) is 2. The topological polar surface area (TPSA) is 64.3 Å². The maximum absolute atomic E-state index is 13.6. The van der Waals surface area contributed by atoms with Gasteiger partial charge < -0.3 is 15.8 Å². The number of esters is 1. The SMILES string of the molecule is COC(=O)c1c(F)ccc(NC(N)=S)c1F. The fourth-order valence-corrected chi connectivity index (χ4v) is 1.18. The maximum atomic E-state index is 13.6. The van der Waals surface area contributed by atoms with Gasteiger partial charge in [-0.15, -0.1) is 0 Å². The third-order valence-corrected chi connectivity index (χ3v) is 1.84. The molecule has 0 spiro atoms. The molecule has 1 aromatic rings. The van der Waals surface area contributed by atoms with Gasteiger partial charge in [0.05, 0.1) is 12.8 Å². The molecule has 1 aromatic carbocycles. The second-order valence-electron chi connectivity index (χ2n) is 2.76. The number of rotatable bonds is 2. The van der Waals surface area contributed by atoms with Gasteiger partial charge in [-0.1, -0.05) is 0 Å². The summed E-state index contributed by atoms with van der Waals surface area (Å²) in [6.45, 7) is 0. The van der Waals surface area contributed by atoms with E-state index >= 15 is 0 Å². The van der Waals surface area contributed by atoms with E-state index in [0.717, 1.165) is 19.2 Å². The second kappa shape index (κ2) is 4.84. The van der Waals surface area contributed by atoms with Crippen molar-refractivity contribution in [3.05, 3.63) is 29.3 Å². The van der Waals surface area contributed by atoms with Gasteiger partial charge in [0, 0.05) is 0 Å². The number of benzene rings is 1. The summed E-state index contributed by atoms with van der Waals surface area (Å²) < 4.78 is 31.0. The van der Waals surface area contributed by atoms with Crippen LogP contribution in [-0.2, 0) is 4.74 Å². The van der Waals surface area contributed by atoms with Crippen LogP contribution in [0, 0.1) is 11.6 Å². The number of ether oxygens (including phenoxy) is 1. The third-order valence-electron chi connectivity index (χ3n) is 1.74. The molecule has 4 nitrogen and oxygen atoms in total. The predicted molar refractivity (Wildman–Crippen MR) is 58.1 cm³/mol. The molecule has 0 atom stereocenters. The van der Waals surface area contributed by atoms with Gasteiger partial charge in [-0.3, -0.25) is 0 Å². The van der Waals surface area contributed by atoms with Crippen LogP contribution >= 0.6 is 12.2 Å². The van der Waals surface area contributed by atoms with Gasteiger partial charge in [0.25, 0.3) is 0 Å². The molecule has 0 heterocycles. The highest BCUT2D eigenvalue weighted by molar-refractivity contribution is 7.80. The van der Waals surface area contributed by atoms with Crippen LogP contribution < -0.4 is 11.1 Å². The molecule has 0 aliphatic heterocycles. The lowest BCUT2D eigenvalue weighted by Gasteiger charge is -2.08. The van der Waals surface area contributed by atoms with Crippen molar-refractivity contribution in [2.24, 2.45) is 5.73 Å². The Balaban J connectivity index is 3.26. The number of nitrogens with one attached hydrogen (secondary N) is 1. The highest BCUT2D eigenvalue weighted by atomic mass is 32.1. The van der Waals surface area contributed by atoms with Crippen molar-refractivity contribution in [2.75, 3.05) is 12.4 Å². The summed E-state index contributed by atoms with van der Waals surface area (Å²) in [5, 5.41) is 2.09. The molecule has 16 heavy (non-hydrogen) atoms. The lowest BCUT2D eigenvalue weighted by molar-refractivity contribution is 0.0590. The van der Waals surface area contributed by atoms with E-state index in [1.54, 1.807) is 0 Å². The summed E-state index contributed by atoms with van der Waals surface area (Å²) in [6.07, 6.45) is 0. The van der Waals surface area contributed by atoms with E-state index in [2.05, 4.69) is 22.3 Å². The average molecular weight is 246 g/mol. The zero-order valence-electron chi connectivity index (χ0n) is 8.21. The van der Waals surface area contributed by atoms with E-state index in [0.29, 0.717) is 0 Å². The van der Waals surface area contributed by atoms with Crippen molar-refractivity contribution in [3.8, 4) is 0 Å². The Labute approximate surface area is 95.4 Å². The van der Waals surface area contributed by atoms with Gasteiger partial charge in [0.15, 0.2) is 10.9 Å². The highest BCUT2D eigenvalue weighted by Gasteiger charge is 2.21.